The van der Waals surface area contributed by atoms with E-state index in [0.717, 1.165) is 0 Å². The summed E-state index contributed by atoms with van der Waals surface area (Å²) in [5.41, 5.74) is 2.57. The molecule has 1 atom stereocenters. The van der Waals surface area contributed by atoms with Crippen LogP contribution in [0.15, 0.2) is 24.4 Å². The zero-order chi connectivity index (χ0) is 18.8. The van der Waals surface area contributed by atoms with Gasteiger partial charge >= 0.3 is 6.61 Å². The molecule has 3 aromatic rings. The lowest BCUT2D eigenvalue weighted by molar-refractivity contribution is -0.0518. The van der Waals surface area contributed by atoms with E-state index >= 15 is 0 Å². The third-order valence-corrected chi connectivity index (χ3v) is 4.35. The molecule has 0 amide bonds. The summed E-state index contributed by atoms with van der Waals surface area (Å²) in [6.45, 7) is -1.33. The van der Waals surface area contributed by atoms with Crippen LogP contribution in [0.3, 0.4) is 0 Å². The maximum Gasteiger partial charge on any atom is 0.388 e. The average molecular weight is 378 g/mol. The highest BCUT2D eigenvalue weighted by Gasteiger charge is 2.21. The molecule has 0 spiro atoms. The van der Waals surface area contributed by atoms with Crippen molar-refractivity contribution in [2.24, 2.45) is 0 Å². The van der Waals surface area contributed by atoms with Crippen LogP contribution in [0.4, 0.5) is 8.78 Å². The number of hydrogen-bond acceptors (Lipinski definition) is 5. The number of ether oxygens (including phenoxy) is 1. The van der Waals surface area contributed by atoms with Crippen LogP contribution in [-0.4, -0.2) is 30.6 Å². The van der Waals surface area contributed by atoms with Gasteiger partial charge in [-0.2, -0.15) is 14.0 Å². The maximum atomic E-state index is 12.7. The van der Waals surface area contributed by atoms with E-state index < -0.39 is 17.7 Å². The van der Waals surface area contributed by atoms with Gasteiger partial charge in [0.15, 0.2) is 11.1 Å². The molecular weight excluding hydrogens is 366 g/mol. The van der Waals surface area contributed by atoms with E-state index in [1.54, 1.807) is 25.1 Å². The standard InChI is InChI=1S/C16H12F2N4O3S/c1-8-4-9(2-3-10(8)7-26(23)24)13-11(5-19)20-6-12-14(13)15(22-21-12)25-16(17)18/h2-4,6,16H,7H2,1H3,(H,21,22)(H,23,24). The fourth-order valence-electron chi connectivity index (χ4n) is 2.67. The number of H-pyrrole nitrogens is 1. The Morgan fingerprint density at radius 1 is 1.46 bits per heavy atom. The second kappa shape index (κ2) is 7.15. The Morgan fingerprint density at radius 3 is 2.85 bits per heavy atom. The van der Waals surface area contributed by atoms with Gasteiger partial charge in [-0.1, -0.05) is 18.2 Å². The number of pyridine rings is 1. The molecule has 0 radical (unpaired) electrons. The Balaban J connectivity index is 2.23. The SMILES string of the molecule is Cc1cc(-c2c(C#N)ncc3[nH]nc(OC(F)F)c23)ccc1CS(=O)O. The predicted molar refractivity (Wildman–Crippen MR) is 89.9 cm³/mol. The van der Waals surface area contributed by atoms with E-state index in [1.807, 2.05) is 6.07 Å². The number of rotatable bonds is 5. The summed E-state index contributed by atoms with van der Waals surface area (Å²) in [4.78, 5) is 4.03. The molecule has 2 aromatic heterocycles. The summed E-state index contributed by atoms with van der Waals surface area (Å²) in [5.74, 6) is -0.368. The number of aromatic nitrogens is 3. The van der Waals surface area contributed by atoms with Crippen molar-refractivity contribution in [1.82, 2.24) is 15.2 Å². The summed E-state index contributed by atoms with van der Waals surface area (Å²) >= 11 is -1.99. The molecule has 1 aromatic carbocycles. The average Bonchev–Trinajstić information content (AvgIpc) is 2.98. The Labute approximate surface area is 148 Å². The van der Waals surface area contributed by atoms with E-state index in [9.17, 15) is 18.3 Å². The molecule has 26 heavy (non-hydrogen) atoms. The summed E-state index contributed by atoms with van der Waals surface area (Å²) in [5, 5.41) is 15.9. The van der Waals surface area contributed by atoms with Crippen LogP contribution < -0.4 is 4.74 Å². The monoisotopic (exact) mass is 378 g/mol. The van der Waals surface area contributed by atoms with Crippen molar-refractivity contribution in [2.75, 3.05) is 0 Å². The van der Waals surface area contributed by atoms with E-state index in [1.165, 1.54) is 6.20 Å². The summed E-state index contributed by atoms with van der Waals surface area (Å²) < 4.78 is 49.9. The lowest BCUT2D eigenvalue weighted by Gasteiger charge is -2.10. The number of aromatic amines is 1. The van der Waals surface area contributed by atoms with Gasteiger partial charge in [0.2, 0.25) is 5.88 Å². The molecule has 0 saturated heterocycles. The van der Waals surface area contributed by atoms with Crippen molar-refractivity contribution >= 4 is 22.0 Å². The van der Waals surface area contributed by atoms with Crippen LogP contribution in [0.5, 0.6) is 5.88 Å². The normalized spacial score (nSPS) is 12.3. The first kappa shape index (κ1) is 17.9. The van der Waals surface area contributed by atoms with E-state index in [2.05, 4.69) is 19.9 Å². The number of nitriles is 1. The van der Waals surface area contributed by atoms with Crippen molar-refractivity contribution in [1.29, 1.82) is 5.26 Å². The number of benzene rings is 1. The van der Waals surface area contributed by atoms with Gasteiger partial charge in [0.05, 0.1) is 22.9 Å². The molecule has 0 aliphatic rings. The van der Waals surface area contributed by atoms with Gasteiger partial charge in [0.25, 0.3) is 0 Å². The third kappa shape index (κ3) is 3.40. The molecule has 2 N–H and O–H groups in total. The highest BCUT2D eigenvalue weighted by atomic mass is 32.2. The lowest BCUT2D eigenvalue weighted by Crippen LogP contribution is -2.03. The number of hydrogen-bond donors (Lipinski definition) is 2. The molecule has 7 nitrogen and oxygen atoms in total. The summed E-state index contributed by atoms with van der Waals surface area (Å²) in [6.07, 6.45) is 1.32. The van der Waals surface area contributed by atoms with Crippen LogP contribution >= 0.6 is 0 Å². The number of aryl methyl sites for hydroxylation is 1. The topological polar surface area (TPSA) is 112 Å². The minimum absolute atomic E-state index is 0.0240. The minimum Gasteiger partial charge on any atom is -0.415 e. The van der Waals surface area contributed by atoms with Crippen molar-refractivity contribution in [2.45, 2.75) is 19.3 Å². The molecule has 0 bridgehead atoms. The van der Waals surface area contributed by atoms with Crippen LogP contribution in [0.1, 0.15) is 16.8 Å². The number of nitrogens with one attached hydrogen (secondary N) is 1. The smallest absolute Gasteiger partial charge is 0.388 e. The van der Waals surface area contributed by atoms with E-state index in [0.29, 0.717) is 27.8 Å². The number of alkyl halides is 2. The van der Waals surface area contributed by atoms with E-state index in [-0.39, 0.29) is 22.7 Å². The van der Waals surface area contributed by atoms with Crippen molar-refractivity contribution < 1.29 is 22.3 Å². The first-order chi connectivity index (χ1) is 12.4. The molecule has 134 valence electrons. The molecule has 0 aliphatic carbocycles. The summed E-state index contributed by atoms with van der Waals surface area (Å²) in [7, 11) is 0. The van der Waals surface area contributed by atoms with Gasteiger partial charge in [0, 0.05) is 5.56 Å². The van der Waals surface area contributed by atoms with Gasteiger partial charge in [-0.3, -0.25) is 5.10 Å². The molecule has 10 heteroatoms. The Bertz CT molecular complexity index is 1050. The van der Waals surface area contributed by atoms with Gasteiger partial charge in [-0.15, -0.1) is 5.10 Å². The number of nitrogens with zero attached hydrogens (tertiary/aromatic N) is 3. The van der Waals surface area contributed by atoms with Crippen LogP contribution in [-0.2, 0) is 16.8 Å². The Morgan fingerprint density at radius 2 is 2.23 bits per heavy atom. The maximum absolute atomic E-state index is 12.7. The molecule has 2 heterocycles. The Kier molecular flexibility index (Phi) is 4.92. The largest absolute Gasteiger partial charge is 0.415 e. The first-order valence-corrected chi connectivity index (χ1v) is 8.57. The predicted octanol–water partition coefficient (Wildman–Crippen LogP) is 3.13. The van der Waals surface area contributed by atoms with Crippen LogP contribution in [0, 0.1) is 18.3 Å². The molecular formula is C16H12F2N4O3S. The fourth-order valence-corrected chi connectivity index (χ4v) is 3.26. The minimum atomic E-state index is -3.07. The number of halogens is 2. The first-order valence-electron chi connectivity index (χ1n) is 7.30. The molecule has 1 unspecified atom stereocenters. The van der Waals surface area contributed by atoms with Gasteiger partial charge in [-0.25, -0.2) is 9.19 Å². The highest BCUT2D eigenvalue weighted by molar-refractivity contribution is 7.78. The second-order valence-electron chi connectivity index (χ2n) is 5.40. The lowest BCUT2D eigenvalue weighted by atomic mass is 9.97. The third-order valence-electron chi connectivity index (χ3n) is 3.79. The fraction of sp³-hybridized carbons (Fsp3) is 0.188. The zero-order valence-corrected chi connectivity index (χ0v) is 14.2. The van der Waals surface area contributed by atoms with Crippen molar-refractivity contribution in [3.8, 4) is 23.1 Å². The summed E-state index contributed by atoms with van der Waals surface area (Å²) in [6, 6.07) is 6.91. The molecule has 0 saturated carbocycles. The van der Waals surface area contributed by atoms with Gasteiger partial charge < -0.3 is 9.29 Å². The van der Waals surface area contributed by atoms with E-state index in [4.69, 9.17) is 4.55 Å². The zero-order valence-electron chi connectivity index (χ0n) is 13.4. The van der Waals surface area contributed by atoms with Crippen LogP contribution in [0.25, 0.3) is 22.0 Å². The van der Waals surface area contributed by atoms with Crippen molar-refractivity contribution in [3.05, 3.63) is 41.2 Å². The second-order valence-corrected chi connectivity index (χ2v) is 6.33. The molecule has 0 fully saturated rings. The number of fused-ring (bicyclic) bond motifs is 1. The van der Waals surface area contributed by atoms with Crippen LogP contribution in [0.2, 0.25) is 0 Å². The quantitative estimate of drug-likeness (QED) is 0.660. The van der Waals surface area contributed by atoms with Gasteiger partial charge in [0.1, 0.15) is 11.8 Å². The molecule has 3 rings (SSSR count). The highest BCUT2D eigenvalue weighted by Crippen LogP contribution is 2.36. The Hall–Kier alpha value is -2.90. The molecule has 0 aliphatic heterocycles. The van der Waals surface area contributed by atoms with Gasteiger partial charge in [-0.05, 0) is 23.6 Å². The van der Waals surface area contributed by atoms with Crippen molar-refractivity contribution in [3.63, 3.8) is 0 Å².